The van der Waals surface area contributed by atoms with E-state index in [2.05, 4.69) is 19.2 Å². The molecule has 0 radical (unpaired) electrons. The Kier molecular flexibility index (Phi) is 24.3. The van der Waals surface area contributed by atoms with Gasteiger partial charge in [0.15, 0.2) is 6.29 Å². The van der Waals surface area contributed by atoms with E-state index in [1.807, 2.05) is 0 Å². The van der Waals surface area contributed by atoms with Crippen LogP contribution in [-0.4, -0.2) is 87.5 Å². The van der Waals surface area contributed by atoms with Gasteiger partial charge in [0.05, 0.1) is 25.4 Å². The molecule has 9 nitrogen and oxygen atoms in total. The fourth-order valence-corrected chi connectivity index (χ4v) is 7.06. The molecule has 1 aliphatic carbocycles. The maximum atomic E-state index is 12.9. The fourth-order valence-electron chi connectivity index (χ4n) is 7.06. The predicted molar refractivity (Wildman–Crippen MR) is 191 cm³/mol. The first-order chi connectivity index (χ1) is 23.3. The number of amides is 1. The maximum absolute atomic E-state index is 12.9. The number of carbonyl (C=O) groups is 1. The molecule has 48 heavy (non-hydrogen) atoms. The van der Waals surface area contributed by atoms with Crippen molar-refractivity contribution in [2.75, 3.05) is 13.2 Å². The molecule has 9 heteroatoms. The van der Waals surface area contributed by atoms with E-state index in [4.69, 9.17) is 9.47 Å². The van der Waals surface area contributed by atoms with Gasteiger partial charge in [-0.3, -0.25) is 4.79 Å². The Labute approximate surface area is 293 Å². The Hall–Kier alpha value is -0.810. The van der Waals surface area contributed by atoms with Crippen LogP contribution in [0.15, 0.2) is 0 Å². The van der Waals surface area contributed by atoms with Crippen LogP contribution in [0, 0.1) is 11.8 Å². The highest BCUT2D eigenvalue weighted by Gasteiger charge is 2.44. The van der Waals surface area contributed by atoms with E-state index in [-0.39, 0.29) is 12.5 Å². The van der Waals surface area contributed by atoms with E-state index in [0.29, 0.717) is 12.8 Å². The lowest BCUT2D eigenvalue weighted by Gasteiger charge is -2.40. The van der Waals surface area contributed by atoms with Crippen LogP contribution in [0.1, 0.15) is 174 Å². The Balaban J connectivity index is 1.66. The Morgan fingerprint density at radius 1 is 0.750 bits per heavy atom. The molecule has 6 N–H and O–H groups in total. The lowest BCUT2D eigenvalue weighted by molar-refractivity contribution is -0.302. The third-order valence-corrected chi connectivity index (χ3v) is 10.7. The summed E-state index contributed by atoms with van der Waals surface area (Å²) in [4.78, 5) is 12.9. The Bertz CT molecular complexity index is 785. The fraction of sp³-hybridized carbons (Fsp3) is 0.974. The van der Waals surface area contributed by atoms with Crippen molar-refractivity contribution in [3.05, 3.63) is 0 Å². The smallest absolute Gasteiger partial charge is 0.220 e. The van der Waals surface area contributed by atoms with E-state index in [0.717, 1.165) is 50.4 Å². The minimum absolute atomic E-state index is 0.131. The molecule has 7 unspecified atom stereocenters. The molecular formula is C39H75NO8. The van der Waals surface area contributed by atoms with Crippen molar-refractivity contribution >= 4 is 5.91 Å². The van der Waals surface area contributed by atoms with E-state index in [1.165, 1.54) is 109 Å². The average Bonchev–Trinajstić information content (AvgIpc) is 3.79. The molecule has 0 bridgehead atoms. The Morgan fingerprint density at radius 2 is 1.25 bits per heavy atom. The minimum Gasteiger partial charge on any atom is -0.394 e. The van der Waals surface area contributed by atoms with Crippen LogP contribution < -0.4 is 5.32 Å². The maximum Gasteiger partial charge on any atom is 0.220 e. The number of ether oxygens (including phenoxy) is 2. The number of carbonyl (C=O) groups excluding carboxylic acids is 1. The van der Waals surface area contributed by atoms with Crippen LogP contribution in [0.2, 0.25) is 0 Å². The van der Waals surface area contributed by atoms with Gasteiger partial charge in [-0.05, 0) is 31.1 Å². The van der Waals surface area contributed by atoms with Gasteiger partial charge in [-0.25, -0.2) is 0 Å². The van der Waals surface area contributed by atoms with Crippen molar-refractivity contribution in [2.24, 2.45) is 11.8 Å². The molecule has 0 spiro atoms. The van der Waals surface area contributed by atoms with Gasteiger partial charge in [-0.15, -0.1) is 0 Å². The molecule has 0 aromatic heterocycles. The van der Waals surface area contributed by atoms with E-state index in [9.17, 15) is 30.3 Å². The molecule has 0 aromatic rings. The van der Waals surface area contributed by atoms with Crippen LogP contribution in [0.4, 0.5) is 0 Å². The van der Waals surface area contributed by atoms with Crippen molar-refractivity contribution in [1.82, 2.24) is 5.32 Å². The summed E-state index contributed by atoms with van der Waals surface area (Å²) in [5, 5.41) is 54.1. The highest BCUT2D eigenvalue weighted by atomic mass is 16.7. The van der Waals surface area contributed by atoms with Gasteiger partial charge >= 0.3 is 0 Å². The standard InChI is InChI=1S/C39H75NO8/c1-3-4-5-6-7-8-9-10-11-12-16-19-22-25-33(42)32(29-47-39-38(46)37(45)36(44)34(28-41)48-39)40-35(43)26-23-20-17-14-13-15-18-21-24-31-27-30(31)2/h30-34,36-39,41-42,44-46H,3-29H2,1-2H3,(H,40,43)/t30?,31?,32-,33+,34?,36?,37?,38?,39?/m0/s1. The van der Waals surface area contributed by atoms with Gasteiger partial charge in [0.1, 0.15) is 24.4 Å². The summed E-state index contributed by atoms with van der Waals surface area (Å²) in [7, 11) is 0. The van der Waals surface area contributed by atoms with Crippen molar-refractivity contribution in [3.63, 3.8) is 0 Å². The number of nitrogens with one attached hydrogen (secondary N) is 1. The van der Waals surface area contributed by atoms with Gasteiger partial charge in [-0.2, -0.15) is 0 Å². The SMILES string of the molecule is CCCCCCCCCCCCCCC[C@@H](O)[C@H](COC1OC(CO)C(O)C(O)C1O)NC(=O)CCCCCCCCCCC1CC1C. The molecule has 2 aliphatic rings. The van der Waals surface area contributed by atoms with E-state index >= 15 is 0 Å². The average molecular weight is 686 g/mol. The van der Waals surface area contributed by atoms with Gasteiger partial charge in [-0.1, -0.05) is 149 Å². The highest BCUT2D eigenvalue weighted by Crippen LogP contribution is 2.41. The zero-order valence-electron chi connectivity index (χ0n) is 30.7. The van der Waals surface area contributed by atoms with Crippen LogP contribution in [0.25, 0.3) is 0 Å². The molecule has 1 aliphatic heterocycles. The summed E-state index contributed by atoms with van der Waals surface area (Å²) >= 11 is 0. The van der Waals surface area contributed by atoms with Gasteiger partial charge in [0, 0.05) is 6.42 Å². The molecule has 2 fully saturated rings. The summed E-state index contributed by atoms with van der Waals surface area (Å²) in [5.41, 5.74) is 0. The Morgan fingerprint density at radius 3 is 1.77 bits per heavy atom. The highest BCUT2D eigenvalue weighted by molar-refractivity contribution is 5.76. The molecule has 1 saturated heterocycles. The lowest BCUT2D eigenvalue weighted by atomic mass is 9.99. The monoisotopic (exact) mass is 686 g/mol. The van der Waals surface area contributed by atoms with E-state index in [1.54, 1.807) is 0 Å². The van der Waals surface area contributed by atoms with Crippen LogP contribution >= 0.6 is 0 Å². The number of hydrogen-bond acceptors (Lipinski definition) is 8. The third-order valence-electron chi connectivity index (χ3n) is 10.7. The number of unbranched alkanes of at least 4 members (excludes halogenated alkanes) is 19. The third kappa shape index (κ3) is 19.0. The van der Waals surface area contributed by atoms with Crippen LogP contribution in [-0.2, 0) is 14.3 Å². The number of aliphatic hydroxyl groups is 5. The second-order valence-corrected chi connectivity index (χ2v) is 15.1. The second-order valence-electron chi connectivity index (χ2n) is 15.1. The molecule has 284 valence electrons. The topological polar surface area (TPSA) is 149 Å². The molecule has 2 rings (SSSR count). The molecule has 1 saturated carbocycles. The van der Waals surface area contributed by atoms with Crippen molar-refractivity contribution in [3.8, 4) is 0 Å². The first-order valence-electron chi connectivity index (χ1n) is 20.2. The van der Waals surface area contributed by atoms with Crippen molar-refractivity contribution < 1.29 is 39.8 Å². The summed E-state index contributed by atoms with van der Waals surface area (Å²) in [6.07, 6.45) is 21.4. The molecule has 9 atom stereocenters. The van der Waals surface area contributed by atoms with Crippen LogP contribution in [0.3, 0.4) is 0 Å². The summed E-state index contributed by atoms with van der Waals surface area (Å²) < 4.78 is 11.2. The molecule has 0 aromatic carbocycles. The lowest BCUT2D eigenvalue weighted by Crippen LogP contribution is -2.60. The molecular weight excluding hydrogens is 610 g/mol. The van der Waals surface area contributed by atoms with Crippen molar-refractivity contribution in [1.29, 1.82) is 0 Å². The first-order valence-corrected chi connectivity index (χ1v) is 20.2. The zero-order valence-corrected chi connectivity index (χ0v) is 30.7. The quantitative estimate of drug-likeness (QED) is 0.0443. The normalized spacial score (nSPS) is 26.8. The zero-order chi connectivity index (χ0) is 35.0. The molecule has 1 amide bonds. The first kappa shape index (κ1) is 43.4. The predicted octanol–water partition coefficient (Wildman–Crippen LogP) is 6.69. The number of rotatable bonds is 31. The number of hydrogen-bond donors (Lipinski definition) is 6. The van der Waals surface area contributed by atoms with Gasteiger partial charge in [0.25, 0.3) is 0 Å². The second kappa shape index (κ2) is 26.9. The summed E-state index contributed by atoms with van der Waals surface area (Å²) in [5.74, 6) is 1.81. The summed E-state index contributed by atoms with van der Waals surface area (Å²) in [6.45, 7) is 3.92. The minimum atomic E-state index is -1.55. The largest absolute Gasteiger partial charge is 0.394 e. The summed E-state index contributed by atoms with van der Waals surface area (Å²) in [6, 6.07) is -0.708. The van der Waals surface area contributed by atoms with Crippen LogP contribution in [0.5, 0.6) is 0 Å². The van der Waals surface area contributed by atoms with Gasteiger partial charge < -0.3 is 40.3 Å². The van der Waals surface area contributed by atoms with E-state index < -0.39 is 49.5 Å². The molecule has 1 heterocycles. The van der Waals surface area contributed by atoms with Gasteiger partial charge in [0.2, 0.25) is 5.91 Å². The number of aliphatic hydroxyl groups excluding tert-OH is 5. The van der Waals surface area contributed by atoms with Crippen molar-refractivity contribution in [2.45, 2.75) is 217 Å².